The van der Waals surface area contributed by atoms with Crippen molar-refractivity contribution >= 4 is 34.7 Å². The summed E-state index contributed by atoms with van der Waals surface area (Å²) in [6.07, 6.45) is 0. The van der Waals surface area contributed by atoms with Crippen molar-refractivity contribution < 1.29 is 14.4 Å². The number of nitrogens with two attached hydrogens (primary N) is 1. The summed E-state index contributed by atoms with van der Waals surface area (Å²) in [6.45, 7) is 4.90. The third-order valence-electron chi connectivity index (χ3n) is 3.20. The number of aryl methyl sites for hydroxylation is 1. The molecule has 102 valence electrons. The smallest absolute Gasteiger partial charge is 0.265 e. The van der Waals surface area contributed by atoms with E-state index in [9.17, 15) is 14.4 Å². The first-order valence-electron chi connectivity index (χ1n) is 5.75. The second-order valence-corrected chi connectivity index (χ2v) is 6.21. The number of amides is 3. The molecule has 3 amide bonds. The molecule has 0 saturated carbocycles. The van der Waals surface area contributed by atoms with Gasteiger partial charge < -0.3 is 10.6 Å². The predicted octanol–water partition coefficient (Wildman–Crippen LogP) is 0.516. The van der Waals surface area contributed by atoms with Crippen LogP contribution in [0.5, 0.6) is 0 Å². The van der Waals surface area contributed by atoms with Crippen LogP contribution in [0.4, 0.5) is 5.69 Å². The molecule has 1 aliphatic heterocycles. The normalized spacial score (nSPS) is 18.4. The van der Waals surface area contributed by atoms with Gasteiger partial charge in [0, 0.05) is 10.6 Å². The summed E-state index contributed by atoms with van der Waals surface area (Å²) in [7, 11) is 0. The molecule has 1 aromatic rings. The fourth-order valence-electron chi connectivity index (χ4n) is 1.84. The highest BCUT2D eigenvalue weighted by atomic mass is 32.1. The zero-order chi connectivity index (χ0) is 14.4. The Balaban J connectivity index is 2.36. The van der Waals surface area contributed by atoms with Crippen molar-refractivity contribution in [3.63, 3.8) is 0 Å². The van der Waals surface area contributed by atoms with Gasteiger partial charge in [0.05, 0.1) is 4.88 Å². The van der Waals surface area contributed by atoms with Gasteiger partial charge in [0.1, 0.15) is 12.1 Å². The van der Waals surface area contributed by atoms with Crippen molar-refractivity contribution in [2.45, 2.75) is 26.3 Å². The average Bonchev–Trinajstić information content (AvgIpc) is 2.64. The topological polar surface area (TPSA) is 92.5 Å². The summed E-state index contributed by atoms with van der Waals surface area (Å²) in [5.41, 5.74) is 5.21. The zero-order valence-corrected chi connectivity index (χ0v) is 11.8. The second-order valence-electron chi connectivity index (χ2n) is 4.95. The molecule has 1 saturated heterocycles. The van der Waals surface area contributed by atoms with Crippen LogP contribution in [0.1, 0.15) is 28.4 Å². The second kappa shape index (κ2) is 4.34. The van der Waals surface area contributed by atoms with Crippen molar-refractivity contribution in [2.24, 2.45) is 0 Å². The van der Waals surface area contributed by atoms with E-state index in [2.05, 4.69) is 5.32 Å². The molecule has 1 fully saturated rings. The van der Waals surface area contributed by atoms with E-state index in [1.165, 1.54) is 16.2 Å². The van der Waals surface area contributed by atoms with Gasteiger partial charge in [-0.15, -0.1) is 11.3 Å². The van der Waals surface area contributed by atoms with Gasteiger partial charge in [0.2, 0.25) is 5.91 Å². The maximum atomic E-state index is 12.4. The molecule has 0 atom stereocenters. The Bertz CT molecular complexity index is 557. The van der Waals surface area contributed by atoms with E-state index in [4.69, 9.17) is 5.73 Å². The summed E-state index contributed by atoms with van der Waals surface area (Å²) >= 11 is 1.26. The molecule has 1 aromatic heterocycles. The molecule has 0 bridgehead atoms. The Morgan fingerprint density at radius 1 is 1.47 bits per heavy atom. The number of thiophene rings is 1. The van der Waals surface area contributed by atoms with Gasteiger partial charge in [0.15, 0.2) is 0 Å². The van der Waals surface area contributed by atoms with Crippen molar-refractivity contribution in [1.29, 1.82) is 0 Å². The predicted molar refractivity (Wildman–Crippen MR) is 71.7 cm³/mol. The lowest BCUT2D eigenvalue weighted by Gasteiger charge is -2.39. The molecule has 6 nitrogen and oxygen atoms in total. The number of carbonyl (C=O) groups is 3. The highest BCUT2D eigenvalue weighted by molar-refractivity contribution is 7.14. The van der Waals surface area contributed by atoms with Crippen molar-refractivity contribution in [2.75, 3.05) is 12.3 Å². The van der Waals surface area contributed by atoms with E-state index in [0.29, 0.717) is 10.6 Å². The Morgan fingerprint density at radius 2 is 2.11 bits per heavy atom. The zero-order valence-electron chi connectivity index (χ0n) is 10.9. The van der Waals surface area contributed by atoms with Gasteiger partial charge in [-0.05, 0) is 26.8 Å². The van der Waals surface area contributed by atoms with Crippen LogP contribution in [-0.4, -0.2) is 34.7 Å². The number of nitrogens with zero attached hydrogens (tertiary/aromatic N) is 1. The Kier molecular flexibility index (Phi) is 3.09. The van der Waals surface area contributed by atoms with Gasteiger partial charge in [-0.3, -0.25) is 19.7 Å². The molecule has 2 rings (SSSR count). The van der Waals surface area contributed by atoms with Crippen LogP contribution in [0.25, 0.3) is 0 Å². The maximum absolute atomic E-state index is 12.4. The number of anilines is 1. The lowest BCUT2D eigenvalue weighted by molar-refractivity contribution is -0.143. The molecule has 7 heteroatoms. The standard InChI is InChI=1S/C12H15N3O3S/c1-6-7(13)4-8(19-6)10(17)15-5-9(16)14-11(18)12(15,2)3/h4H,5,13H2,1-3H3,(H,14,16,18). The number of hydrogen-bond donors (Lipinski definition) is 2. The van der Waals surface area contributed by atoms with Gasteiger partial charge in [-0.2, -0.15) is 0 Å². The molecular weight excluding hydrogens is 266 g/mol. The van der Waals surface area contributed by atoms with Gasteiger partial charge in [-0.25, -0.2) is 0 Å². The van der Waals surface area contributed by atoms with Crippen LogP contribution in [0.15, 0.2) is 6.07 Å². The van der Waals surface area contributed by atoms with Crippen LogP contribution < -0.4 is 11.1 Å². The summed E-state index contributed by atoms with van der Waals surface area (Å²) in [6, 6.07) is 1.58. The van der Waals surface area contributed by atoms with Crippen LogP contribution >= 0.6 is 11.3 Å². The first kappa shape index (κ1) is 13.5. The number of hydrogen-bond acceptors (Lipinski definition) is 5. The number of nitrogen functional groups attached to an aromatic ring is 1. The molecule has 0 radical (unpaired) electrons. The fraction of sp³-hybridized carbons (Fsp3) is 0.417. The van der Waals surface area contributed by atoms with Crippen LogP contribution in [0.3, 0.4) is 0 Å². The lowest BCUT2D eigenvalue weighted by Crippen LogP contribution is -2.65. The van der Waals surface area contributed by atoms with Gasteiger partial charge >= 0.3 is 0 Å². The van der Waals surface area contributed by atoms with E-state index < -0.39 is 17.4 Å². The number of nitrogens with one attached hydrogen (secondary N) is 1. The maximum Gasteiger partial charge on any atom is 0.265 e. The van der Waals surface area contributed by atoms with E-state index in [0.717, 1.165) is 4.88 Å². The number of rotatable bonds is 1. The van der Waals surface area contributed by atoms with Crippen molar-refractivity contribution in [3.8, 4) is 0 Å². The summed E-state index contributed by atoms with van der Waals surface area (Å²) in [4.78, 5) is 38.2. The minimum absolute atomic E-state index is 0.131. The van der Waals surface area contributed by atoms with E-state index in [1.54, 1.807) is 19.9 Å². The van der Waals surface area contributed by atoms with Crippen molar-refractivity contribution in [1.82, 2.24) is 10.2 Å². The van der Waals surface area contributed by atoms with E-state index in [1.807, 2.05) is 6.92 Å². The number of carbonyl (C=O) groups excluding carboxylic acids is 3. The lowest BCUT2D eigenvalue weighted by atomic mass is 9.98. The first-order chi connectivity index (χ1) is 8.73. The third-order valence-corrected chi connectivity index (χ3v) is 4.25. The first-order valence-corrected chi connectivity index (χ1v) is 6.57. The minimum atomic E-state index is -1.06. The highest BCUT2D eigenvalue weighted by Crippen LogP contribution is 2.28. The summed E-state index contributed by atoms with van der Waals surface area (Å²) in [5.74, 6) is -1.30. The Labute approximate surface area is 114 Å². The Hall–Kier alpha value is -1.89. The molecule has 0 aliphatic carbocycles. The molecule has 19 heavy (non-hydrogen) atoms. The highest BCUT2D eigenvalue weighted by Gasteiger charge is 2.44. The largest absolute Gasteiger partial charge is 0.398 e. The fourth-order valence-corrected chi connectivity index (χ4v) is 2.73. The summed E-state index contributed by atoms with van der Waals surface area (Å²) < 4.78 is 0. The number of piperazine rings is 1. The van der Waals surface area contributed by atoms with Crippen molar-refractivity contribution in [3.05, 3.63) is 15.8 Å². The van der Waals surface area contributed by atoms with Crippen LogP contribution in [0.2, 0.25) is 0 Å². The van der Waals surface area contributed by atoms with Crippen LogP contribution in [-0.2, 0) is 9.59 Å². The molecule has 0 spiro atoms. The molecule has 3 N–H and O–H groups in total. The Morgan fingerprint density at radius 3 is 2.63 bits per heavy atom. The van der Waals surface area contributed by atoms with E-state index >= 15 is 0 Å². The molecule has 1 aliphatic rings. The third kappa shape index (κ3) is 2.21. The molecule has 0 unspecified atom stereocenters. The van der Waals surface area contributed by atoms with Gasteiger partial charge in [0.25, 0.3) is 11.8 Å². The monoisotopic (exact) mass is 281 g/mol. The van der Waals surface area contributed by atoms with Gasteiger partial charge in [-0.1, -0.05) is 0 Å². The molecule has 2 heterocycles. The molecular formula is C12H15N3O3S. The summed E-state index contributed by atoms with van der Waals surface area (Å²) in [5, 5.41) is 2.23. The van der Waals surface area contributed by atoms with E-state index in [-0.39, 0.29) is 12.5 Å². The SMILES string of the molecule is Cc1sc(C(=O)N2CC(=O)NC(=O)C2(C)C)cc1N. The average molecular weight is 281 g/mol. The minimum Gasteiger partial charge on any atom is -0.398 e. The van der Waals surface area contributed by atoms with Crippen LogP contribution in [0, 0.1) is 6.92 Å². The number of imide groups is 1. The molecule has 0 aromatic carbocycles. The quantitative estimate of drug-likeness (QED) is 0.734.